The van der Waals surface area contributed by atoms with E-state index >= 15 is 0 Å². The molecule has 1 aromatic heterocycles. The lowest BCUT2D eigenvalue weighted by atomic mass is 10.2. The van der Waals surface area contributed by atoms with E-state index in [0.29, 0.717) is 10.9 Å². The fraction of sp³-hybridized carbons (Fsp3) is 0.167. The number of hydrogen-bond acceptors (Lipinski definition) is 2. The molecule has 1 unspecified atom stereocenters. The molecule has 0 fully saturated rings. The standard InChI is InChI=1S/C12H11FN2O3/c1-6(12(17)18)14-11(16)10-5-7-4-8(13)2-3-9(7)15-10/h2-6,15H,1H3,(H,14,16)(H,17,18). The minimum Gasteiger partial charge on any atom is -0.480 e. The summed E-state index contributed by atoms with van der Waals surface area (Å²) in [5.74, 6) is -2.06. The maximum atomic E-state index is 13.0. The van der Waals surface area contributed by atoms with E-state index in [0.717, 1.165) is 0 Å². The predicted octanol–water partition coefficient (Wildman–Crippen LogP) is 1.51. The lowest BCUT2D eigenvalue weighted by molar-refractivity contribution is -0.138. The third-order valence-corrected chi connectivity index (χ3v) is 2.55. The summed E-state index contributed by atoms with van der Waals surface area (Å²) >= 11 is 0. The summed E-state index contributed by atoms with van der Waals surface area (Å²) in [5, 5.41) is 11.5. The first-order chi connectivity index (χ1) is 8.47. The number of fused-ring (bicyclic) bond motifs is 1. The molecule has 0 saturated carbocycles. The van der Waals surface area contributed by atoms with Crippen LogP contribution >= 0.6 is 0 Å². The van der Waals surface area contributed by atoms with Gasteiger partial charge < -0.3 is 15.4 Å². The summed E-state index contributed by atoms with van der Waals surface area (Å²) in [6.07, 6.45) is 0. The molecule has 0 aliphatic carbocycles. The SMILES string of the molecule is CC(NC(=O)c1cc2cc(F)ccc2[nH]1)C(=O)O. The minimum atomic E-state index is -1.12. The molecule has 0 aliphatic rings. The molecule has 0 radical (unpaired) electrons. The maximum absolute atomic E-state index is 13.0. The number of aromatic nitrogens is 1. The monoisotopic (exact) mass is 250 g/mol. The first-order valence-corrected chi connectivity index (χ1v) is 5.29. The van der Waals surface area contributed by atoms with Crippen LogP contribution in [0.25, 0.3) is 10.9 Å². The molecule has 1 heterocycles. The zero-order chi connectivity index (χ0) is 13.3. The Labute approximate surface area is 102 Å². The second-order valence-electron chi connectivity index (χ2n) is 3.95. The van der Waals surface area contributed by atoms with Gasteiger partial charge in [0.15, 0.2) is 0 Å². The van der Waals surface area contributed by atoms with Crippen LogP contribution in [-0.2, 0) is 4.79 Å². The van der Waals surface area contributed by atoms with Gasteiger partial charge in [-0.1, -0.05) is 0 Å². The van der Waals surface area contributed by atoms with Crippen molar-refractivity contribution in [2.75, 3.05) is 0 Å². The highest BCUT2D eigenvalue weighted by Gasteiger charge is 2.16. The van der Waals surface area contributed by atoms with Crippen molar-refractivity contribution in [1.29, 1.82) is 0 Å². The molecule has 1 amide bonds. The van der Waals surface area contributed by atoms with Crippen LogP contribution in [0.5, 0.6) is 0 Å². The molecule has 1 atom stereocenters. The molecular formula is C12H11FN2O3. The third kappa shape index (κ3) is 2.32. The van der Waals surface area contributed by atoms with Crippen LogP contribution in [0.15, 0.2) is 24.3 Å². The lowest BCUT2D eigenvalue weighted by Gasteiger charge is -2.07. The Morgan fingerprint density at radius 2 is 2.11 bits per heavy atom. The van der Waals surface area contributed by atoms with Gasteiger partial charge in [0.1, 0.15) is 17.6 Å². The van der Waals surface area contributed by atoms with Crippen molar-refractivity contribution in [1.82, 2.24) is 10.3 Å². The van der Waals surface area contributed by atoms with Crippen molar-refractivity contribution < 1.29 is 19.1 Å². The number of amides is 1. The number of H-pyrrole nitrogens is 1. The Hall–Kier alpha value is -2.37. The Bertz CT molecular complexity index is 621. The number of aliphatic carboxylic acids is 1. The van der Waals surface area contributed by atoms with Gasteiger partial charge in [-0.15, -0.1) is 0 Å². The molecule has 18 heavy (non-hydrogen) atoms. The fourth-order valence-corrected chi connectivity index (χ4v) is 1.56. The zero-order valence-corrected chi connectivity index (χ0v) is 9.53. The Morgan fingerprint density at radius 1 is 1.39 bits per heavy atom. The van der Waals surface area contributed by atoms with E-state index in [2.05, 4.69) is 10.3 Å². The van der Waals surface area contributed by atoms with E-state index in [1.54, 1.807) is 0 Å². The first-order valence-electron chi connectivity index (χ1n) is 5.29. The van der Waals surface area contributed by atoms with Gasteiger partial charge in [-0.05, 0) is 31.2 Å². The Kier molecular flexibility index (Phi) is 3.01. The Balaban J connectivity index is 2.26. The second kappa shape index (κ2) is 4.48. The number of hydrogen-bond donors (Lipinski definition) is 3. The average Bonchev–Trinajstić information content (AvgIpc) is 2.71. The molecule has 1 aromatic carbocycles. The topological polar surface area (TPSA) is 82.2 Å². The van der Waals surface area contributed by atoms with Crippen LogP contribution < -0.4 is 5.32 Å². The summed E-state index contributed by atoms with van der Waals surface area (Å²) in [4.78, 5) is 25.1. The first kappa shape index (κ1) is 12.1. The van der Waals surface area contributed by atoms with E-state index in [1.807, 2.05) is 0 Å². The van der Waals surface area contributed by atoms with Gasteiger partial charge in [-0.2, -0.15) is 0 Å². The van der Waals surface area contributed by atoms with Gasteiger partial charge in [0, 0.05) is 10.9 Å². The van der Waals surface area contributed by atoms with Crippen molar-refractivity contribution in [3.05, 3.63) is 35.8 Å². The van der Waals surface area contributed by atoms with Crippen LogP contribution in [0.3, 0.4) is 0 Å². The Morgan fingerprint density at radius 3 is 2.78 bits per heavy atom. The molecule has 5 nitrogen and oxygen atoms in total. The van der Waals surface area contributed by atoms with E-state index in [-0.39, 0.29) is 5.69 Å². The van der Waals surface area contributed by atoms with E-state index in [1.165, 1.54) is 31.2 Å². The molecular weight excluding hydrogens is 239 g/mol. The van der Waals surface area contributed by atoms with Gasteiger partial charge in [-0.25, -0.2) is 4.39 Å². The molecule has 6 heteroatoms. The van der Waals surface area contributed by atoms with Crippen molar-refractivity contribution in [2.45, 2.75) is 13.0 Å². The van der Waals surface area contributed by atoms with Gasteiger partial charge in [0.2, 0.25) is 0 Å². The van der Waals surface area contributed by atoms with Crippen molar-refractivity contribution in [2.24, 2.45) is 0 Å². The van der Waals surface area contributed by atoms with Crippen molar-refractivity contribution >= 4 is 22.8 Å². The summed E-state index contributed by atoms with van der Waals surface area (Å²) < 4.78 is 13.0. The smallest absolute Gasteiger partial charge is 0.325 e. The van der Waals surface area contributed by atoms with Gasteiger partial charge >= 0.3 is 5.97 Å². The number of nitrogens with one attached hydrogen (secondary N) is 2. The number of aromatic amines is 1. The van der Waals surface area contributed by atoms with Crippen molar-refractivity contribution in [3.63, 3.8) is 0 Å². The number of carboxylic acid groups (broad SMARTS) is 1. The van der Waals surface area contributed by atoms with Crippen LogP contribution in [0.1, 0.15) is 17.4 Å². The van der Waals surface area contributed by atoms with Crippen LogP contribution in [-0.4, -0.2) is 28.0 Å². The molecule has 2 rings (SSSR count). The predicted molar refractivity (Wildman–Crippen MR) is 62.8 cm³/mol. The third-order valence-electron chi connectivity index (χ3n) is 2.55. The number of benzene rings is 1. The van der Waals surface area contributed by atoms with E-state index in [4.69, 9.17) is 5.11 Å². The highest BCUT2D eigenvalue weighted by Crippen LogP contribution is 2.16. The van der Waals surface area contributed by atoms with Gasteiger partial charge in [-0.3, -0.25) is 9.59 Å². The van der Waals surface area contributed by atoms with Crippen molar-refractivity contribution in [3.8, 4) is 0 Å². The van der Waals surface area contributed by atoms with Gasteiger partial charge in [0.25, 0.3) is 5.91 Å². The molecule has 0 spiro atoms. The molecule has 0 bridgehead atoms. The summed E-state index contributed by atoms with van der Waals surface area (Å²) in [7, 11) is 0. The number of halogens is 1. The van der Waals surface area contributed by atoms with E-state index < -0.39 is 23.7 Å². The summed E-state index contributed by atoms with van der Waals surface area (Å²) in [6.45, 7) is 1.36. The molecule has 0 saturated heterocycles. The minimum absolute atomic E-state index is 0.198. The molecule has 2 aromatic rings. The van der Waals surface area contributed by atoms with E-state index in [9.17, 15) is 14.0 Å². The number of carbonyl (C=O) groups is 2. The average molecular weight is 250 g/mol. The zero-order valence-electron chi connectivity index (χ0n) is 9.53. The van der Waals surface area contributed by atoms with Crippen LogP contribution in [0.2, 0.25) is 0 Å². The van der Waals surface area contributed by atoms with Crippen LogP contribution in [0, 0.1) is 5.82 Å². The second-order valence-corrected chi connectivity index (χ2v) is 3.95. The quantitative estimate of drug-likeness (QED) is 0.772. The highest BCUT2D eigenvalue weighted by atomic mass is 19.1. The number of carboxylic acids is 1. The van der Waals surface area contributed by atoms with Crippen LogP contribution in [0.4, 0.5) is 4.39 Å². The molecule has 94 valence electrons. The normalized spacial score (nSPS) is 12.3. The summed E-state index contributed by atoms with van der Waals surface area (Å²) in [6, 6.07) is 4.58. The highest BCUT2D eigenvalue weighted by molar-refractivity contribution is 5.99. The van der Waals surface area contributed by atoms with Gasteiger partial charge in [0.05, 0.1) is 0 Å². The maximum Gasteiger partial charge on any atom is 0.325 e. The summed E-state index contributed by atoms with van der Waals surface area (Å²) in [5.41, 5.74) is 0.813. The number of carbonyl (C=O) groups excluding carboxylic acids is 1. The molecule has 0 aliphatic heterocycles. The lowest BCUT2D eigenvalue weighted by Crippen LogP contribution is -2.38. The molecule has 3 N–H and O–H groups in total. The fourth-order valence-electron chi connectivity index (χ4n) is 1.56. The largest absolute Gasteiger partial charge is 0.480 e. The number of rotatable bonds is 3.